The Bertz CT molecular complexity index is 884. The summed E-state index contributed by atoms with van der Waals surface area (Å²) in [4.78, 5) is 30.3. The molecule has 4 rings (SSSR count). The lowest BCUT2D eigenvalue weighted by atomic mass is 10.0. The van der Waals surface area contributed by atoms with E-state index < -0.39 is 5.79 Å². The average Bonchev–Trinajstić information content (AvgIpc) is 3.18. The molecule has 2 fully saturated rings. The maximum atomic E-state index is 12.6. The predicted molar refractivity (Wildman–Crippen MR) is 109 cm³/mol. The molecule has 2 aliphatic rings. The van der Waals surface area contributed by atoms with Gasteiger partial charge in [-0.25, -0.2) is 4.98 Å². The molecule has 3 heterocycles. The summed E-state index contributed by atoms with van der Waals surface area (Å²) >= 11 is 0. The van der Waals surface area contributed by atoms with Gasteiger partial charge in [0.2, 0.25) is 5.91 Å². The molecule has 0 bridgehead atoms. The Balaban J connectivity index is 1.39. The maximum absolute atomic E-state index is 12.6. The standard InChI is InChI=1S/C21H24N4O4/c1-15(26)23-17-2-4-18(5-3-17)24-20(27)16-6-9-22-19(14-16)25-10-7-21(8-11-25)28-12-13-29-21/h2-6,9,14H,7-8,10-13H2,1H3,(H,23,26)(H,24,27). The molecule has 29 heavy (non-hydrogen) atoms. The highest BCUT2D eigenvalue weighted by molar-refractivity contribution is 6.04. The molecule has 2 aliphatic heterocycles. The van der Waals surface area contributed by atoms with Crippen LogP contribution in [0.1, 0.15) is 30.1 Å². The van der Waals surface area contributed by atoms with Crippen LogP contribution in [0.25, 0.3) is 0 Å². The zero-order valence-electron chi connectivity index (χ0n) is 16.3. The van der Waals surface area contributed by atoms with E-state index in [1.165, 1.54) is 6.92 Å². The topological polar surface area (TPSA) is 92.8 Å². The van der Waals surface area contributed by atoms with E-state index in [9.17, 15) is 9.59 Å². The predicted octanol–water partition coefficient (Wildman–Crippen LogP) is 2.64. The number of benzene rings is 1. The molecule has 0 saturated carbocycles. The summed E-state index contributed by atoms with van der Waals surface area (Å²) in [6.07, 6.45) is 3.22. The van der Waals surface area contributed by atoms with E-state index in [2.05, 4.69) is 20.5 Å². The van der Waals surface area contributed by atoms with Crippen LogP contribution in [-0.2, 0) is 14.3 Å². The van der Waals surface area contributed by atoms with Gasteiger partial charge in [0, 0.05) is 56.0 Å². The number of anilines is 3. The van der Waals surface area contributed by atoms with Crippen LogP contribution in [-0.4, -0.2) is 48.9 Å². The number of hydrogen-bond acceptors (Lipinski definition) is 6. The Morgan fingerprint density at radius 3 is 2.24 bits per heavy atom. The summed E-state index contributed by atoms with van der Waals surface area (Å²) in [7, 11) is 0. The van der Waals surface area contributed by atoms with Gasteiger partial charge in [0.1, 0.15) is 5.82 Å². The molecule has 152 valence electrons. The smallest absolute Gasteiger partial charge is 0.255 e. The van der Waals surface area contributed by atoms with E-state index >= 15 is 0 Å². The number of carbonyl (C=O) groups excluding carboxylic acids is 2. The van der Waals surface area contributed by atoms with Crippen molar-refractivity contribution in [3.05, 3.63) is 48.2 Å². The Labute approximate surface area is 169 Å². The zero-order valence-corrected chi connectivity index (χ0v) is 16.3. The van der Waals surface area contributed by atoms with Gasteiger partial charge < -0.3 is 25.0 Å². The number of nitrogens with one attached hydrogen (secondary N) is 2. The Morgan fingerprint density at radius 1 is 1.00 bits per heavy atom. The van der Waals surface area contributed by atoms with Crippen LogP contribution in [0, 0.1) is 0 Å². The van der Waals surface area contributed by atoms with Crippen molar-refractivity contribution >= 4 is 29.0 Å². The summed E-state index contributed by atoms with van der Waals surface area (Å²) in [5.74, 6) is -0.0151. The SMILES string of the molecule is CC(=O)Nc1ccc(NC(=O)c2ccnc(N3CCC4(CC3)OCCO4)c2)cc1. The molecule has 1 aromatic carbocycles. The minimum atomic E-state index is -0.436. The van der Waals surface area contributed by atoms with Crippen LogP contribution in [0.15, 0.2) is 42.6 Å². The van der Waals surface area contributed by atoms with Crippen molar-refractivity contribution in [2.24, 2.45) is 0 Å². The third-order valence-corrected chi connectivity index (χ3v) is 5.13. The fourth-order valence-electron chi connectivity index (χ4n) is 3.64. The fraction of sp³-hybridized carbons (Fsp3) is 0.381. The van der Waals surface area contributed by atoms with E-state index in [1.807, 2.05) is 0 Å². The van der Waals surface area contributed by atoms with Crippen LogP contribution in [0.5, 0.6) is 0 Å². The summed E-state index contributed by atoms with van der Waals surface area (Å²) in [6, 6.07) is 10.5. The number of amides is 2. The van der Waals surface area contributed by atoms with Crippen molar-refractivity contribution in [2.75, 3.05) is 41.8 Å². The molecule has 1 aromatic heterocycles. The minimum absolute atomic E-state index is 0.138. The average molecular weight is 396 g/mol. The van der Waals surface area contributed by atoms with Gasteiger partial charge in [-0.1, -0.05) is 0 Å². The third-order valence-electron chi connectivity index (χ3n) is 5.13. The second-order valence-electron chi connectivity index (χ2n) is 7.21. The van der Waals surface area contributed by atoms with E-state index in [1.54, 1.807) is 42.6 Å². The van der Waals surface area contributed by atoms with Crippen LogP contribution in [0.3, 0.4) is 0 Å². The summed E-state index contributed by atoms with van der Waals surface area (Å²) < 4.78 is 11.5. The van der Waals surface area contributed by atoms with E-state index in [4.69, 9.17) is 9.47 Å². The van der Waals surface area contributed by atoms with Gasteiger partial charge in [-0.2, -0.15) is 0 Å². The Hall–Kier alpha value is -2.97. The van der Waals surface area contributed by atoms with Crippen molar-refractivity contribution in [1.82, 2.24) is 4.98 Å². The zero-order chi connectivity index (χ0) is 20.3. The first-order chi connectivity index (χ1) is 14.0. The molecule has 2 N–H and O–H groups in total. The summed E-state index contributed by atoms with van der Waals surface area (Å²) in [5.41, 5.74) is 1.87. The first-order valence-corrected chi connectivity index (χ1v) is 9.71. The first-order valence-electron chi connectivity index (χ1n) is 9.71. The molecular formula is C21H24N4O4. The lowest BCUT2D eigenvalue weighted by Crippen LogP contribution is -2.45. The number of nitrogens with zero attached hydrogens (tertiary/aromatic N) is 2. The van der Waals surface area contributed by atoms with Gasteiger partial charge in [0.05, 0.1) is 13.2 Å². The van der Waals surface area contributed by atoms with Crippen LogP contribution < -0.4 is 15.5 Å². The maximum Gasteiger partial charge on any atom is 0.255 e. The van der Waals surface area contributed by atoms with Crippen molar-refractivity contribution < 1.29 is 19.1 Å². The van der Waals surface area contributed by atoms with Gasteiger partial charge in [0.15, 0.2) is 5.79 Å². The number of pyridine rings is 1. The molecule has 2 aromatic rings. The first kappa shape index (κ1) is 19.4. The molecule has 0 atom stereocenters. The molecule has 8 heteroatoms. The van der Waals surface area contributed by atoms with Crippen LogP contribution in [0.2, 0.25) is 0 Å². The minimum Gasteiger partial charge on any atom is -0.356 e. The molecule has 2 saturated heterocycles. The molecule has 8 nitrogen and oxygen atoms in total. The monoisotopic (exact) mass is 396 g/mol. The van der Waals surface area contributed by atoms with E-state index in [0.717, 1.165) is 31.7 Å². The highest BCUT2D eigenvalue weighted by Crippen LogP contribution is 2.32. The molecule has 2 amide bonds. The summed E-state index contributed by atoms with van der Waals surface area (Å²) in [5, 5.41) is 5.57. The number of carbonyl (C=O) groups is 2. The Kier molecular flexibility index (Phi) is 5.46. The van der Waals surface area contributed by atoms with Gasteiger partial charge in [-0.15, -0.1) is 0 Å². The van der Waals surface area contributed by atoms with Crippen LogP contribution in [0.4, 0.5) is 17.2 Å². The van der Waals surface area contributed by atoms with Gasteiger partial charge in [0.25, 0.3) is 5.91 Å². The van der Waals surface area contributed by atoms with Gasteiger partial charge in [-0.05, 0) is 36.4 Å². The van der Waals surface area contributed by atoms with Crippen molar-refractivity contribution in [3.63, 3.8) is 0 Å². The number of ether oxygens (including phenoxy) is 2. The normalized spacial score (nSPS) is 17.9. The van der Waals surface area contributed by atoms with Gasteiger partial charge >= 0.3 is 0 Å². The quantitative estimate of drug-likeness (QED) is 0.825. The van der Waals surface area contributed by atoms with Crippen molar-refractivity contribution in [2.45, 2.75) is 25.6 Å². The van der Waals surface area contributed by atoms with E-state index in [0.29, 0.717) is 30.2 Å². The number of rotatable bonds is 4. The van der Waals surface area contributed by atoms with Crippen LogP contribution >= 0.6 is 0 Å². The largest absolute Gasteiger partial charge is 0.356 e. The lowest BCUT2D eigenvalue weighted by molar-refractivity contribution is -0.169. The molecular weight excluding hydrogens is 372 g/mol. The molecule has 0 aliphatic carbocycles. The highest BCUT2D eigenvalue weighted by atomic mass is 16.7. The van der Waals surface area contributed by atoms with Crippen molar-refractivity contribution in [1.29, 1.82) is 0 Å². The Morgan fingerprint density at radius 2 is 1.62 bits per heavy atom. The highest BCUT2D eigenvalue weighted by Gasteiger charge is 2.40. The second kappa shape index (κ2) is 8.18. The molecule has 0 unspecified atom stereocenters. The molecule has 1 spiro atoms. The lowest BCUT2D eigenvalue weighted by Gasteiger charge is -2.38. The third kappa shape index (κ3) is 4.55. The number of aromatic nitrogens is 1. The number of piperidine rings is 1. The fourth-order valence-corrected chi connectivity index (χ4v) is 3.64. The second-order valence-corrected chi connectivity index (χ2v) is 7.21. The number of hydrogen-bond donors (Lipinski definition) is 2. The molecule has 0 radical (unpaired) electrons. The van der Waals surface area contributed by atoms with Crippen molar-refractivity contribution in [3.8, 4) is 0 Å². The summed E-state index contributed by atoms with van der Waals surface area (Å²) in [6.45, 7) is 4.29. The van der Waals surface area contributed by atoms with Gasteiger partial charge in [-0.3, -0.25) is 9.59 Å². The van der Waals surface area contributed by atoms with E-state index in [-0.39, 0.29) is 11.8 Å².